The first-order valence-electron chi connectivity index (χ1n) is 6.51. The van der Waals surface area contributed by atoms with E-state index in [9.17, 15) is 17.8 Å². The summed E-state index contributed by atoms with van der Waals surface area (Å²) in [6.45, 7) is 0.0341. The lowest BCUT2D eigenvalue weighted by Gasteiger charge is -2.18. The van der Waals surface area contributed by atoms with Gasteiger partial charge in [-0.15, -0.1) is 0 Å². The Balaban J connectivity index is 2.13. The molecular weight excluding hydrogens is 308 g/mol. The van der Waals surface area contributed by atoms with E-state index in [2.05, 4.69) is 0 Å². The molecule has 0 aromatic heterocycles. The lowest BCUT2D eigenvalue weighted by atomic mass is 10.1. The fraction of sp³-hybridized carbons (Fsp3) is 0.188. The number of carbonyl (C=O) groups excluding carboxylic acids is 1. The van der Waals surface area contributed by atoms with E-state index in [4.69, 9.17) is 0 Å². The van der Waals surface area contributed by atoms with Crippen LogP contribution >= 0.6 is 0 Å². The summed E-state index contributed by atoms with van der Waals surface area (Å²) in [5, 5.41) is 0. The van der Waals surface area contributed by atoms with Gasteiger partial charge in [0.05, 0.1) is 0 Å². The quantitative estimate of drug-likeness (QED) is 0.867. The lowest BCUT2D eigenvalue weighted by Crippen LogP contribution is -2.26. The third-order valence-corrected chi connectivity index (χ3v) is 4.14. The molecule has 0 saturated carbocycles. The van der Waals surface area contributed by atoms with Crippen LogP contribution in [-0.2, 0) is 17.3 Å². The number of carbonyl (C=O) groups is 1. The Morgan fingerprint density at radius 3 is 2.32 bits per heavy atom. The predicted octanol–water partition coefficient (Wildman–Crippen LogP) is 2.97. The molecule has 1 atom stereocenters. The average molecular weight is 323 g/mol. The largest absolute Gasteiger partial charge is 0.337 e. The van der Waals surface area contributed by atoms with Crippen molar-refractivity contribution in [2.75, 3.05) is 13.3 Å². The summed E-state index contributed by atoms with van der Waals surface area (Å²) in [4.78, 5) is 14.2. The van der Waals surface area contributed by atoms with Crippen LogP contribution in [0.3, 0.4) is 0 Å². The number of rotatable bonds is 4. The van der Waals surface area contributed by atoms with E-state index in [1.165, 1.54) is 18.0 Å². The Hall–Kier alpha value is -2.08. The second-order valence-corrected chi connectivity index (χ2v) is 6.26. The second-order valence-electron chi connectivity index (χ2n) is 4.88. The van der Waals surface area contributed by atoms with Gasteiger partial charge in [-0.3, -0.25) is 9.00 Å². The minimum absolute atomic E-state index is 0.0341. The highest BCUT2D eigenvalue weighted by Crippen LogP contribution is 2.14. The molecule has 0 heterocycles. The predicted molar refractivity (Wildman–Crippen MR) is 80.9 cm³/mol. The number of halogens is 2. The van der Waals surface area contributed by atoms with Crippen LogP contribution in [0.5, 0.6) is 0 Å². The minimum Gasteiger partial charge on any atom is -0.337 e. The lowest BCUT2D eigenvalue weighted by molar-refractivity contribution is 0.0783. The molecule has 0 saturated heterocycles. The normalized spacial score (nSPS) is 12.0. The average Bonchev–Trinajstić information content (AvgIpc) is 2.49. The third-order valence-electron chi connectivity index (χ3n) is 3.20. The zero-order valence-electron chi connectivity index (χ0n) is 12.2. The molecule has 0 spiro atoms. The summed E-state index contributed by atoms with van der Waals surface area (Å²) in [5.74, 6) is -1.63. The number of amides is 1. The van der Waals surface area contributed by atoms with Crippen LogP contribution in [0.1, 0.15) is 15.9 Å². The summed E-state index contributed by atoms with van der Waals surface area (Å²) in [5.41, 5.74) is 0.655. The first kappa shape index (κ1) is 16.3. The maximum absolute atomic E-state index is 13.6. The van der Waals surface area contributed by atoms with Gasteiger partial charge in [-0.25, -0.2) is 8.78 Å². The standard InChI is InChI=1S/C16H15F2NO2S/c1-19(10-12-3-6-13(17)9-15(12)18)16(20)11-4-7-14(8-5-11)22(2)21/h3-9H,10H2,1-2H3. The maximum atomic E-state index is 13.6. The van der Waals surface area contributed by atoms with Crippen molar-refractivity contribution in [2.24, 2.45) is 0 Å². The monoisotopic (exact) mass is 323 g/mol. The van der Waals surface area contributed by atoms with Crippen molar-refractivity contribution in [3.63, 3.8) is 0 Å². The molecule has 0 aliphatic heterocycles. The highest BCUT2D eigenvalue weighted by molar-refractivity contribution is 7.84. The van der Waals surface area contributed by atoms with Crippen molar-refractivity contribution in [1.29, 1.82) is 0 Å². The van der Waals surface area contributed by atoms with Crippen molar-refractivity contribution in [1.82, 2.24) is 4.90 Å². The first-order chi connectivity index (χ1) is 10.4. The fourth-order valence-electron chi connectivity index (χ4n) is 1.99. The van der Waals surface area contributed by atoms with Gasteiger partial charge in [0, 0.05) is 52.7 Å². The van der Waals surface area contributed by atoms with E-state index in [-0.39, 0.29) is 18.0 Å². The van der Waals surface area contributed by atoms with Gasteiger partial charge >= 0.3 is 0 Å². The van der Waals surface area contributed by atoms with Crippen LogP contribution in [0.2, 0.25) is 0 Å². The molecule has 1 amide bonds. The SMILES string of the molecule is CN(Cc1ccc(F)cc1F)C(=O)c1ccc(S(C)=O)cc1. The number of nitrogens with zero attached hydrogens (tertiary/aromatic N) is 1. The van der Waals surface area contributed by atoms with Crippen LogP contribution < -0.4 is 0 Å². The van der Waals surface area contributed by atoms with Gasteiger partial charge in [0.15, 0.2) is 0 Å². The summed E-state index contributed by atoms with van der Waals surface area (Å²) in [6.07, 6.45) is 1.56. The van der Waals surface area contributed by atoms with Gasteiger partial charge in [-0.05, 0) is 30.3 Å². The molecule has 116 valence electrons. The smallest absolute Gasteiger partial charge is 0.253 e. The highest BCUT2D eigenvalue weighted by Gasteiger charge is 2.14. The summed E-state index contributed by atoms with van der Waals surface area (Å²) in [7, 11) is 0.431. The van der Waals surface area contributed by atoms with Gasteiger partial charge in [-0.2, -0.15) is 0 Å². The molecular formula is C16H15F2NO2S. The summed E-state index contributed by atoms with van der Waals surface area (Å²) >= 11 is 0. The maximum Gasteiger partial charge on any atom is 0.253 e. The first-order valence-corrected chi connectivity index (χ1v) is 8.07. The number of hydrogen-bond acceptors (Lipinski definition) is 2. The van der Waals surface area contributed by atoms with Gasteiger partial charge in [0.2, 0.25) is 0 Å². The van der Waals surface area contributed by atoms with Crippen molar-refractivity contribution in [3.05, 3.63) is 65.2 Å². The van der Waals surface area contributed by atoms with Crippen LogP contribution in [0.15, 0.2) is 47.4 Å². The highest BCUT2D eigenvalue weighted by atomic mass is 32.2. The van der Waals surface area contributed by atoms with E-state index in [1.807, 2.05) is 0 Å². The summed E-state index contributed by atoms with van der Waals surface area (Å²) in [6, 6.07) is 9.66. The van der Waals surface area contributed by atoms with E-state index in [0.717, 1.165) is 12.1 Å². The minimum atomic E-state index is -1.11. The molecule has 2 rings (SSSR count). The molecule has 6 heteroatoms. The van der Waals surface area contributed by atoms with Crippen molar-refractivity contribution < 1.29 is 17.8 Å². The Bertz CT molecular complexity index is 717. The van der Waals surface area contributed by atoms with Crippen LogP contribution in [0.25, 0.3) is 0 Å². The van der Waals surface area contributed by atoms with Crippen LogP contribution in [-0.4, -0.2) is 28.3 Å². The van der Waals surface area contributed by atoms with Crippen LogP contribution in [0, 0.1) is 11.6 Å². The summed E-state index contributed by atoms with van der Waals surface area (Å²) < 4.78 is 37.8. The molecule has 0 aliphatic rings. The molecule has 3 nitrogen and oxygen atoms in total. The topological polar surface area (TPSA) is 37.4 Å². The van der Waals surface area contributed by atoms with Gasteiger partial charge in [0.25, 0.3) is 5.91 Å². The van der Waals surface area contributed by atoms with Gasteiger partial charge in [0.1, 0.15) is 11.6 Å². The molecule has 1 unspecified atom stereocenters. The Kier molecular flexibility index (Phi) is 5.03. The number of hydrogen-bond donors (Lipinski definition) is 0. The van der Waals surface area contributed by atoms with Crippen molar-refractivity contribution in [3.8, 4) is 0 Å². The molecule has 2 aromatic rings. The third kappa shape index (κ3) is 3.76. The molecule has 0 N–H and O–H groups in total. The zero-order valence-corrected chi connectivity index (χ0v) is 13.0. The Morgan fingerprint density at radius 2 is 1.77 bits per heavy atom. The number of benzene rings is 2. The Morgan fingerprint density at radius 1 is 1.14 bits per heavy atom. The zero-order chi connectivity index (χ0) is 16.3. The van der Waals surface area contributed by atoms with Crippen molar-refractivity contribution in [2.45, 2.75) is 11.4 Å². The van der Waals surface area contributed by atoms with Gasteiger partial charge in [-0.1, -0.05) is 6.07 Å². The molecule has 0 fully saturated rings. The molecule has 0 bridgehead atoms. The van der Waals surface area contributed by atoms with E-state index < -0.39 is 22.4 Å². The van der Waals surface area contributed by atoms with Gasteiger partial charge < -0.3 is 4.90 Å². The van der Waals surface area contributed by atoms with E-state index in [0.29, 0.717) is 10.5 Å². The molecule has 22 heavy (non-hydrogen) atoms. The van der Waals surface area contributed by atoms with Crippen LogP contribution in [0.4, 0.5) is 8.78 Å². The second kappa shape index (κ2) is 6.79. The van der Waals surface area contributed by atoms with E-state index in [1.54, 1.807) is 30.5 Å². The Labute approximate surface area is 130 Å². The molecule has 0 radical (unpaired) electrons. The molecule has 2 aromatic carbocycles. The van der Waals surface area contributed by atoms with Crippen molar-refractivity contribution >= 4 is 16.7 Å². The molecule has 0 aliphatic carbocycles. The van der Waals surface area contributed by atoms with E-state index >= 15 is 0 Å². The fourth-order valence-corrected chi connectivity index (χ4v) is 2.51.